The fourth-order valence-electron chi connectivity index (χ4n) is 8.56. The van der Waals surface area contributed by atoms with Gasteiger partial charge in [0.15, 0.2) is 0 Å². The standard InChI is InChI=1S/C63H105BN11O19/c1-34(2)91-40(76)38-39(41(77)92-35(3)4)94-64(90-28,93-38)37-32-30-29-31-36(37)33-65-53(5,6)42(78)66-54(7,8)43(79)67-55(9,10)44(80)68-56(11,12)45(81)69-57(13,14)46(82)70-58(15,16)47(83)71-59(17,18)48(84)72-60(19,20)49(85)73-61(21,22)50(86)74-62(23,24)51(87)75-63(25,26)52(88)89-27/h29-32,34-35,38-39,65H,33H2,1-28H3,(H,66,78)(H,67,79)(H,68,80)(H,69,81)(H,70,82)(H,71,83)(H,72,84)(H,73,85)(H,74,86)(H,75,87)/q-1/t38-,39-/m0/s1/i25+1/t38-,39-,63-. The molecular formula is C63H105BN11O19-. The molecule has 1 aliphatic rings. The van der Waals surface area contributed by atoms with Crippen LogP contribution in [0.5, 0.6) is 0 Å². The molecule has 0 bridgehead atoms. The second-order valence-corrected chi connectivity index (χ2v) is 29.9. The van der Waals surface area contributed by atoms with Crippen LogP contribution in [0.25, 0.3) is 0 Å². The molecule has 94 heavy (non-hydrogen) atoms. The van der Waals surface area contributed by atoms with Crippen molar-refractivity contribution in [2.24, 2.45) is 0 Å². The van der Waals surface area contributed by atoms with E-state index in [4.69, 9.17) is 28.2 Å². The molecule has 530 valence electrons. The molecule has 31 heteroatoms. The molecule has 11 N–H and O–H groups in total. The maximum absolute atomic E-state index is 14.0. The Kier molecular flexibility index (Phi) is 25.8. The van der Waals surface area contributed by atoms with E-state index in [1.54, 1.807) is 65.8 Å². The molecule has 1 aromatic carbocycles. The van der Waals surface area contributed by atoms with Gasteiger partial charge in [-0.3, -0.25) is 53.3 Å². The summed E-state index contributed by atoms with van der Waals surface area (Å²) in [5.74, 6) is -10.5. The first kappa shape index (κ1) is 82.3. The highest BCUT2D eigenvalue weighted by Gasteiger charge is 2.54. The van der Waals surface area contributed by atoms with Gasteiger partial charge in [0, 0.05) is 6.54 Å². The van der Waals surface area contributed by atoms with Crippen LogP contribution in [0.2, 0.25) is 0 Å². The summed E-state index contributed by atoms with van der Waals surface area (Å²) in [4.78, 5) is 176. The van der Waals surface area contributed by atoms with Crippen LogP contribution in [0.4, 0.5) is 0 Å². The van der Waals surface area contributed by atoms with Crippen LogP contribution >= 0.6 is 0 Å². The van der Waals surface area contributed by atoms with Crippen LogP contribution in [0.1, 0.15) is 186 Å². The number of carbonyl (C=O) groups is 13. The Morgan fingerprint density at radius 1 is 0.372 bits per heavy atom. The minimum atomic E-state index is -3.00. The van der Waals surface area contributed by atoms with Gasteiger partial charge in [0.1, 0.15) is 67.6 Å². The zero-order valence-corrected chi connectivity index (χ0v) is 60.2. The Morgan fingerprint density at radius 2 is 0.596 bits per heavy atom. The van der Waals surface area contributed by atoms with Gasteiger partial charge in [-0.05, 0) is 187 Å². The number of rotatable bonds is 30. The highest BCUT2D eigenvalue weighted by atomic mass is 16.8. The maximum Gasteiger partial charge on any atom is 0.410 e. The fourth-order valence-corrected chi connectivity index (χ4v) is 8.56. The highest BCUT2D eigenvalue weighted by Crippen LogP contribution is 2.30. The summed E-state index contributed by atoms with van der Waals surface area (Å²) in [6.07, 6.45) is -4.21. The van der Waals surface area contributed by atoms with Crippen molar-refractivity contribution in [1.82, 2.24) is 58.5 Å². The van der Waals surface area contributed by atoms with Crippen molar-refractivity contribution in [1.29, 1.82) is 0 Å². The van der Waals surface area contributed by atoms with Crippen molar-refractivity contribution in [3.63, 3.8) is 0 Å². The van der Waals surface area contributed by atoms with E-state index in [1.807, 2.05) is 0 Å². The largest absolute Gasteiger partial charge is 0.543 e. The van der Waals surface area contributed by atoms with Crippen LogP contribution < -0.4 is 63.9 Å². The number of esters is 3. The SMILES string of the molecule is COC(=O)[C@@](C)([13CH3])NC(=O)C(C)(C)NC(=O)C(C)(C)NC(=O)C(C)(C)NC(=O)C(C)(C)NC(=O)C(C)(C)NC(=O)C(C)(C)NC(=O)C(C)(C)NC(=O)C(C)(C)NC(=O)C(C)(C)NC(=O)C(C)(C)NCc1ccccc1[B-]1(OC)O[C@H](C(=O)OC(C)C)[C@@H](C(=O)OC(C)C)O1. The van der Waals surface area contributed by atoms with E-state index in [1.165, 1.54) is 146 Å². The number of ether oxygens (including phenoxy) is 3. The van der Waals surface area contributed by atoms with Crippen LogP contribution in [0, 0.1) is 0 Å². The second-order valence-electron chi connectivity index (χ2n) is 29.9. The molecule has 1 fully saturated rings. The lowest BCUT2D eigenvalue weighted by molar-refractivity contribution is -0.167. The van der Waals surface area contributed by atoms with E-state index in [0.717, 1.165) is 7.11 Å². The van der Waals surface area contributed by atoms with E-state index in [0.29, 0.717) is 11.0 Å². The molecule has 3 atom stereocenters. The predicted molar refractivity (Wildman–Crippen MR) is 346 cm³/mol. The van der Waals surface area contributed by atoms with Gasteiger partial charge in [0.25, 0.3) is 0 Å². The van der Waals surface area contributed by atoms with Gasteiger partial charge in [-0.1, -0.05) is 29.8 Å². The summed E-state index contributed by atoms with van der Waals surface area (Å²) < 4.78 is 33.6. The van der Waals surface area contributed by atoms with E-state index in [2.05, 4.69) is 58.5 Å². The smallest absolute Gasteiger partial charge is 0.410 e. The summed E-state index contributed by atoms with van der Waals surface area (Å²) in [7, 11) is 2.45. The van der Waals surface area contributed by atoms with Crippen molar-refractivity contribution in [2.75, 3.05) is 14.2 Å². The third kappa shape index (κ3) is 21.1. The van der Waals surface area contributed by atoms with Gasteiger partial charge in [-0.25, -0.2) is 14.4 Å². The van der Waals surface area contributed by atoms with E-state index in [9.17, 15) is 62.3 Å². The zero-order chi connectivity index (χ0) is 73.5. The van der Waals surface area contributed by atoms with Gasteiger partial charge in [0.2, 0.25) is 59.1 Å². The number of hydrogen-bond acceptors (Lipinski definition) is 20. The van der Waals surface area contributed by atoms with E-state index in [-0.39, 0.29) is 6.54 Å². The molecule has 10 amide bonds. The lowest BCUT2D eigenvalue weighted by Crippen LogP contribution is -2.70. The van der Waals surface area contributed by atoms with Gasteiger partial charge in [-0.2, -0.15) is 0 Å². The third-order valence-corrected chi connectivity index (χ3v) is 15.2. The number of carbonyl (C=O) groups excluding carboxylic acids is 13. The van der Waals surface area contributed by atoms with Crippen LogP contribution in [-0.2, 0) is 97.0 Å². The second kappa shape index (κ2) is 29.5. The average Bonchev–Trinajstić information content (AvgIpc) is 1.58. The Hall–Kier alpha value is -7.77. The van der Waals surface area contributed by atoms with Crippen LogP contribution in [-0.4, -0.2) is 183 Å². The number of hydrogen-bond donors (Lipinski definition) is 11. The van der Waals surface area contributed by atoms with Crippen molar-refractivity contribution >= 4 is 89.2 Å². The maximum atomic E-state index is 14.0. The Morgan fingerprint density at radius 3 is 0.819 bits per heavy atom. The molecule has 2 rings (SSSR count). The topological polar surface area (TPSA) is 410 Å². The monoisotopic (exact) mass is 1330 g/mol. The van der Waals surface area contributed by atoms with Gasteiger partial charge >= 0.3 is 24.7 Å². The molecule has 0 aromatic heterocycles. The van der Waals surface area contributed by atoms with Crippen molar-refractivity contribution in [2.45, 2.75) is 272 Å². The molecule has 1 saturated heterocycles. The Bertz CT molecular complexity index is 3060. The lowest BCUT2D eigenvalue weighted by atomic mass is 9.67. The first-order valence-electron chi connectivity index (χ1n) is 30.8. The van der Waals surface area contributed by atoms with E-state index >= 15 is 0 Å². The van der Waals surface area contributed by atoms with Crippen molar-refractivity contribution in [3.8, 4) is 0 Å². The first-order valence-corrected chi connectivity index (χ1v) is 30.8. The predicted octanol–water partition coefficient (Wildman–Crippen LogP) is 0.155. The third-order valence-electron chi connectivity index (χ3n) is 15.2. The molecule has 1 aromatic rings. The number of amides is 10. The van der Waals surface area contributed by atoms with E-state index < -0.39 is 169 Å². The number of methoxy groups -OCH3 is 1. The summed E-state index contributed by atoms with van der Waals surface area (Å²) >= 11 is 0. The van der Waals surface area contributed by atoms with Crippen molar-refractivity contribution < 1.29 is 90.5 Å². The molecule has 0 saturated carbocycles. The molecule has 30 nitrogen and oxygen atoms in total. The summed E-state index contributed by atoms with van der Waals surface area (Å²) in [6, 6.07) is 6.69. The van der Waals surface area contributed by atoms with Crippen molar-refractivity contribution in [3.05, 3.63) is 29.8 Å². The summed E-state index contributed by atoms with van der Waals surface area (Å²) in [5.41, 5.74) is -17.4. The minimum Gasteiger partial charge on any atom is -0.543 e. The number of nitrogens with one attached hydrogen (secondary N) is 11. The normalized spacial score (nSPS) is 16.4. The van der Waals surface area contributed by atoms with Crippen LogP contribution in [0.15, 0.2) is 24.3 Å². The molecular weight excluding hydrogens is 1230 g/mol. The first-order chi connectivity index (χ1) is 42.1. The molecule has 1 heterocycles. The molecule has 0 radical (unpaired) electrons. The minimum absolute atomic E-state index is 0.0362. The van der Waals surface area contributed by atoms with Gasteiger partial charge in [-0.15, -0.1) is 5.46 Å². The summed E-state index contributed by atoms with van der Waals surface area (Å²) in [6.45, 7) is 34.0. The highest BCUT2D eigenvalue weighted by molar-refractivity contribution is 6.76. The van der Waals surface area contributed by atoms with Gasteiger partial charge < -0.3 is 81.3 Å². The number of benzene rings is 1. The quantitative estimate of drug-likeness (QED) is 0.0211. The fraction of sp³-hybridized carbons (Fsp3) is 0.698. The molecule has 0 unspecified atom stereocenters. The molecule has 0 aliphatic carbocycles. The lowest BCUT2D eigenvalue weighted by Gasteiger charge is -2.38. The molecule has 1 aliphatic heterocycles. The average molecular weight is 1330 g/mol. The Labute approximate surface area is 552 Å². The Balaban J connectivity index is 2.13. The zero-order valence-electron chi connectivity index (χ0n) is 60.2. The molecule has 0 spiro atoms. The van der Waals surface area contributed by atoms with Gasteiger partial charge in [0.05, 0.1) is 24.9 Å². The summed E-state index contributed by atoms with van der Waals surface area (Å²) in [5, 5.41) is 29.1. The van der Waals surface area contributed by atoms with Crippen LogP contribution in [0.3, 0.4) is 0 Å².